The number of nitrogens with one attached hydrogen (secondary N) is 1. The second kappa shape index (κ2) is 9.01. The molecule has 0 aliphatic carbocycles. The highest BCUT2D eigenvalue weighted by Gasteiger charge is 2.20. The Labute approximate surface area is 205 Å². The Morgan fingerprint density at radius 1 is 1.12 bits per heavy atom. The smallest absolute Gasteiger partial charge is 0.267 e. The van der Waals surface area contributed by atoms with Crippen molar-refractivity contribution in [1.82, 2.24) is 14.5 Å². The number of carbonyl (C=O) groups excluding carboxylic acids is 1. The average molecular weight is 537 g/mol. The summed E-state index contributed by atoms with van der Waals surface area (Å²) < 4.78 is 2.57. The van der Waals surface area contributed by atoms with E-state index in [0.717, 1.165) is 21.3 Å². The Morgan fingerprint density at radius 2 is 1.88 bits per heavy atom. The van der Waals surface area contributed by atoms with Crippen molar-refractivity contribution >= 4 is 59.9 Å². The number of carbonyl (C=O) groups is 1. The van der Waals surface area contributed by atoms with Crippen LogP contribution in [0.4, 0.5) is 5.13 Å². The zero-order chi connectivity index (χ0) is 22.9. The van der Waals surface area contributed by atoms with Crippen molar-refractivity contribution in [3.8, 4) is 11.3 Å². The second-order valence-electron chi connectivity index (χ2n) is 7.40. The zero-order valence-corrected chi connectivity index (χ0v) is 20.6. The first-order valence-electron chi connectivity index (χ1n) is 10.0. The molecule has 0 aliphatic heterocycles. The number of benzene rings is 2. The van der Waals surface area contributed by atoms with Gasteiger partial charge in [-0.15, -0.1) is 22.7 Å². The Morgan fingerprint density at radius 3 is 2.64 bits per heavy atom. The maximum Gasteiger partial charge on any atom is 0.267 e. The normalized spacial score (nSPS) is 11.1. The molecule has 9 heteroatoms. The van der Waals surface area contributed by atoms with E-state index < -0.39 is 0 Å². The van der Waals surface area contributed by atoms with Crippen LogP contribution in [0.15, 0.2) is 75.6 Å². The van der Waals surface area contributed by atoms with Crippen LogP contribution < -0.4 is 10.9 Å². The van der Waals surface area contributed by atoms with Crippen molar-refractivity contribution in [2.75, 3.05) is 5.32 Å². The highest BCUT2D eigenvalue weighted by Crippen LogP contribution is 2.30. The maximum atomic E-state index is 13.1. The molecule has 3 heterocycles. The highest BCUT2D eigenvalue weighted by molar-refractivity contribution is 9.10. The Bertz CT molecular complexity index is 1520. The third kappa shape index (κ3) is 4.39. The molecule has 0 unspecified atom stereocenters. The van der Waals surface area contributed by atoms with Gasteiger partial charge in [-0.2, -0.15) is 0 Å². The number of fused-ring (bicyclic) bond motifs is 1. The minimum Gasteiger partial charge on any atom is -0.297 e. The van der Waals surface area contributed by atoms with E-state index in [1.807, 2.05) is 60.0 Å². The van der Waals surface area contributed by atoms with Crippen molar-refractivity contribution in [2.45, 2.75) is 13.5 Å². The van der Waals surface area contributed by atoms with Crippen LogP contribution in [-0.4, -0.2) is 20.4 Å². The van der Waals surface area contributed by atoms with Gasteiger partial charge in [0.05, 0.1) is 28.8 Å². The Kier molecular flexibility index (Phi) is 5.92. The lowest BCUT2D eigenvalue weighted by Gasteiger charge is -2.05. The number of rotatable bonds is 5. The first-order chi connectivity index (χ1) is 16.0. The standard InChI is InChI=1S/C24H17BrN4O2S2/c1-14-19-22(26-13-29(23(19)31)11-15-5-3-2-4-6-15)33-20(14)21(30)28-24-27-18(12-32-24)16-7-9-17(25)10-8-16/h2-10,12-13H,11H2,1H3,(H,27,28,30). The molecule has 5 rings (SSSR count). The lowest BCUT2D eigenvalue weighted by atomic mass is 10.2. The molecular formula is C24H17BrN4O2S2. The van der Waals surface area contributed by atoms with Crippen molar-refractivity contribution in [3.05, 3.63) is 97.1 Å². The molecule has 0 spiro atoms. The van der Waals surface area contributed by atoms with E-state index in [1.165, 1.54) is 22.7 Å². The number of anilines is 1. The maximum absolute atomic E-state index is 13.1. The summed E-state index contributed by atoms with van der Waals surface area (Å²) in [4.78, 5) is 36.1. The number of amides is 1. The lowest BCUT2D eigenvalue weighted by Crippen LogP contribution is -2.21. The minimum absolute atomic E-state index is 0.150. The quantitative estimate of drug-likeness (QED) is 0.301. The van der Waals surface area contributed by atoms with Crippen LogP contribution in [0.3, 0.4) is 0 Å². The second-order valence-corrected chi connectivity index (χ2v) is 10.2. The fourth-order valence-corrected chi connectivity index (χ4v) is 5.52. The third-order valence-electron chi connectivity index (χ3n) is 5.18. The zero-order valence-electron chi connectivity index (χ0n) is 17.4. The summed E-state index contributed by atoms with van der Waals surface area (Å²) in [5.41, 5.74) is 3.26. The average Bonchev–Trinajstić information content (AvgIpc) is 3.42. The fraction of sp³-hybridized carbons (Fsp3) is 0.0833. The van der Waals surface area contributed by atoms with E-state index in [0.29, 0.717) is 32.3 Å². The molecule has 3 aromatic heterocycles. The van der Waals surface area contributed by atoms with Gasteiger partial charge in [0.2, 0.25) is 0 Å². The van der Waals surface area contributed by atoms with E-state index in [4.69, 9.17) is 0 Å². The predicted molar refractivity (Wildman–Crippen MR) is 137 cm³/mol. The molecule has 0 radical (unpaired) electrons. The summed E-state index contributed by atoms with van der Waals surface area (Å²) in [5, 5.41) is 5.76. The van der Waals surface area contributed by atoms with Crippen LogP contribution >= 0.6 is 38.6 Å². The number of hydrogen-bond donors (Lipinski definition) is 1. The van der Waals surface area contributed by atoms with E-state index >= 15 is 0 Å². The molecule has 1 amide bonds. The molecule has 0 bridgehead atoms. The molecule has 0 saturated carbocycles. The van der Waals surface area contributed by atoms with Crippen molar-refractivity contribution in [3.63, 3.8) is 0 Å². The van der Waals surface area contributed by atoms with Crippen LogP contribution in [0, 0.1) is 6.92 Å². The molecule has 33 heavy (non-hydrogen) atoms. The van der Waals surface area contributed by atoms with Gasteiger partial charge in [0.25, 0.3) is 11.5 Å². The summed E-state index contributed by atoms with van der Waals surface area (Å²) in [6.45, 7) is 2.22. The third-order valence-corrected chi connectivity index (χ3v) is 7.67. The monoisotopic (exact) mass is 536 g/mol. The van der Waals surface area contributed by atoms with E-state index in [9.17, 15) is 9.59 Å². The van der Waals surface area contributed by atoms with Gasteiger partial charge in [-0.3, -0.25) is 19.5 Å². The van der Waals surface area contributed by atoms with Gasteiger partial charge in [-0.25, -0.2) is 9.97 Å². The number of aromatic nitrogens is 3. The first kappa shape index (κ1) is 21.7. The van der Waals surface area contributed by atoms with Gasteiger partial charge in [0, 0.05) is 15.4 Å². The largest absolute Gasteiger partial charge is 0.297 e. The lowest BCUT2D eigenvalue weighted by molar-refractivity contribution is 0.103. The van der Waals surface area contributed by atoms with E-state index in [-0.39, 0.29) is 11.5 Å². The summed E-state index contributed by atoms with van der Waals surface area (Å²) in [7, 11) is 0. The molecule has 5 aromatic rings. The van der Waals surface area contributed by atoms with Gasteiger partial charge in [-0.1, -0.05) is 58.4 Å². The van der Waals surface area contributed by atoms with Gasteiger partial charge in [-0.05, 0) is 30.2 Å². The number of aryl methyl sites for hydroxylation is 1. The number of hydrogen-bond acceptors (Lipinski definition) is 6. The van der Waals surface area contributed by atoms with Crippen LogP contribution in [0.1, 0.15) is 20.8 Å². The molecule has 0 atom stereocenters. The summed E-state index contributed by atoms with van der Waals surface area (Å²) >= 11 is 6.01. The van der Waals surface area contributed by atoms with Crippen LogP contribution in [0.5, 0.6) is 0 Å². The summed E-state index contributed by atoms with van der Waals surface area (Å²) in [6.07, 6.45) is 1.54. The van der Waals surface area contributed by atoms with Gasteiger partial charge >= 0.3 is 0 Å². The van der Waals surface area contributed by atoms with Gasteiger partial charge < -0.3 is 0 Å². The molecule has 0 saturated heterocycles. The topological polar surface area (TPSA) is 76.9 Å². The number of thiophene rings is 1. The molecular weight excluding hydrogens is 520 g/mol. The van der Waals surface area contributed by atoms with Gasteiger partial charge in [0.15, 0.2) is 5.13 Å². The molecule has 164 valence electrons. The summed E-state index contributed by atoms with van der Waals surface area (Å²) in [6, 6.07) is 17.6. The SMILES string of the molecule is Cc1c(C(=O)Nc2nc(-c3ccc(Br)cc3)cs2)sc2ncn(Cc3ccccc3)c(=O)c12. The Hall–Kier alpha value is -3.14. The minimum atomic E-state index is -0.291. The Balaban J connectivity index is 1.41. The molecule has 2 aromatic carbocycles. The van der Waals surface area contributed by atoms with Crippen LogP contribution in [-0.2, 0) is 6.54 Å². The van der Waals surface area contributed by atoms with Crippen LogP contribution in [0.2, 0.25) is 0 Å². The van der Waals surface area contributed by atoms with Gasteiger partial charge in [0.1, 0.15) is 4.83 Å². The molecule has 0 fully saturated rings. The molecule has 0 aliphatic rings. The number of halogens is 1. The van der Waals surface area contributed by atoms with Crippen molar-refractivity contribution < 1.29 is 4.79 Å². The van der Waals surface area contributed by atoms with Crippen molar-refractivity contribution in [2.24, 2.45) is 0 Å². The fourth-order valence-electron chi connectivity index (χ4n) is 3.51. The number of thiazole rings is 1. The highest BCUT2D eigenvalue weighted by atomic mass is 79.9. The first-order valence-corrected chi connectivity index (χ1v) is 12.5. The van der Waals surface area contributed by atoms with Crippen molar-refractivity contribution in [1.29, 1.82) is 0 Å². The van der Waals surface area contributed by atoms with E-state index in [2.05, 4.69) is 31.2 Å². The van der Waals surface area contributed by atoms with E-state index in [1.54, 1.807) is 17.8 Å². The van der Waals surface area contributed by atoms with Crippen LogP contribution in [0.25, 0.3) is 21.5 Å². The molecule has 1 N–H and O–H groups in total. The summed E-state index contributed by atoms with van der Waals surface area (Å²) in [5.74, 6) is -0.291. The predicted octanol–water partition coefficient (Wildman–Crippen LogP) is 5.95. The molecule has 6 nitrogen and oxygen atoms in total. The number of nitrogens with zero attached hydrogens (tertiary/aromatic N) is 3.